The van der Waals surface area contributed by atoms with Crippen molar-refractivity contribution in [1.82, 2.24) is 10.2 Å². The summed E-state index contributed by atoms with van der Waals surface area (Å²) in [5.74, 6) is -1.21. The normalized spacial score (nSPS) is 28.7. The fraction of sp³-hybridized carbons (Fsp3) is 0.833. The van der Waals surface area contributed by atoms with Crippen LogP contribution in [0.1, 0.15) is 40.5 Å². The molecule has 0 aromatic heterocycles. The van der Waals surface area contributed by atoms with Crippen molar-refractivity contribution in [2.45, 2.75) is 64.7 Å². The standard InChI is InChI=1S/C12H22N2O3/c1-7-5-6-8(2)14(7)10(4)11(15)13-9(3)12(16)17/h7-10H,5-6H2,1-4H3,(H,13,15)(H,16,17)/t7?,8?,9-,10?/m1/s1. The van der Waals surface area contributed by atoms with Crippen molar-refractivity contribution in [2.24, 2.45) is 0 Å². The first kappa shape index (κ1) is 14.0. The highest BCUT2D eigenvalue weighted by atomic mass is 16.4. The first-order valence-electron chi connectivity index (χ1n) is 6.15. The van der Waals surface area contributed by atoms with E-state index in [1.807, 2.05) is 6.92 Å². The second-order valence-corrected chi connectivity index (χ2v) is 4.97. The number of carbonyl (C=O) groups excluding carboxylic acids is 1. The summed E-state index contributed by atoms with van der Waals surface area (Å²) in [6.07, 6.45) is 2.18. The molecule has 3 unspecified atom stereocenters. The first-order valence-corrected chi connectivity index (χ1v) is 6.15. The Balaban J connectivity index is 2.60. The second kappa shape index (κ2) is 5.49. The monoisotopic (exact) mass is 242 g/mol. The molecule has 1 saturated heterocycles. The molecule has 1 aliphatic rings. The molecule has 98 valence electrons. The van der Waals surface area contributed by atoms with Crippen molar-refractivity contribution in [3.63, 3.8) is 0 Å². The van der Waals surface area contributed by atoms with E-state index in [-0.39, 0.29) is 11.9 Å². The molecule has 0 aliphatic carbocycles. The van der Waals surface area contributed by atoms with E-state index in [9.17, 15) is 9.59 Å². The summed E-state index contributed by atoms with van der Waals surface area (Å²) in [5, 5.41) is 11.3. The van der Waals surface area contributed by atoms with Gasteiger partial charge in [-0.1, -0.05) is 0 Å². The fourth-order valence-electron chi connectivity index (χ4n) is 2.51. The number of nitrogens with zero attached hydrogens (tertiary/aromatic N) is 1. The highest BCUT2D eigenvalue weighted by Crippen LogP contribution is 2.25. The zero-order valence-electron chi connectivity index (χ0n) is 10.9. The van der Waals surface area contributed by atoms with E-state index in [0.29, 0.717) is 12.1 Å². The van der Waals surface area contributed by atoms with Crippen molar-refractivity contribution < 1.29 is 14.7 Å². The molecule has 1 aliphatic heterocycles. The third kappa shape index (κ3) is 3.19. The van der Waals surface area contributed by atoms with Crippen LogP contribution in [0, 0.1) is 0 Å². The highest BCUT2D eigenvalue weighted by Gasteiger charge is 2.34. The lowest BCUT2D eigenvalue weighted by atomic mass is 10.2. The predicted molar refractivity (Wildman–Crippen MR) is 64.7 cm³/mol. The van der Waals surface area contributed by atoms with Crippen LogP contribution >= 0.6 is 0 Å². The van der Waals surface area contributed by atoms with Gasteiger partial charge < -0.3 is 10.4 Å². The van der Waals surface area contributed by atoms with Crippen molar-refractivity contribution in [1.29, 1.82) is 0 Å². The van der Waals surface area contributed by atoms with Crippen molar-refractivity contribution in [3.05, 3.63) is 0 Å². The molecule has 1 amide bonds. The lowest BCUT2D eigenvalue weighted by Gasteiger charge is -2.32. The molecule has 1 fully saturated rings. The van der Waals surface area contributed by atoms with Crippen molar-refractivity contribution in [3.8, 4) is 0 Å². The smallest absolute Gasteiger partial charge is 0.325 e. The van der Waals surface area contributed by atoms with Gasteiger partial charge in [-0.2, -0.15) is 0 Å². The molecule has 2 N–H and O–H groups in total. The number of carboxylic acids is 1. The van der Waals surface area contributed by atoms with Crippen LogP contribution < -0.4 is 5.32 Å². The molecule has 0 aromatic carbocycles. The van der Waals surface area contributed by atoms with Gasteiger partial charge in [-0.15, -0.1) is 0 Å². The van der Waals surface area contributed by atoms with Gasteiger partial charge in [0.1, 0.15) is 6.04 Å². The van der Waals surface area contributed by atoms with Crippen molar-refractivity contribution >= 4 is 11.9 Å². The second-order valence-electron chi connectivity index (χ2n) is 4.97. The summed E-state index contributed by atoms with van der Waals surface area (Å²) in [6.45, 7) is 7.52. The molecule has 5 heteroatoms. The van der Waals surface area contributed by atoms with Crippen LogP contribution in [0.3, 0.4) is 0 Å². The zero-order chi connectivity index (χ0) is 13.2. The Bertz CT molecular complexity index is 296. The Kier molecular flexibility index (Phi) is 4.51. The van der Waals surface area contributed by atoms with Gasteiger partial charge >= 0.3 is 5.97 Å². The molecule has 1 rings (SSSR count). The summed E-state index contributed by atoms with van der Waals surface area (Å²) in [5.41, 5.74) is 0. The van der Waals surface area contributed by atoms with E-state index in [1.54, 1.807) is 0 Å². The van der Waals surface area contributed by atoms with E-state index in [2.05, 4.69) is 24.1 Å². The summed E-state index contributed by atoms with van der Waals surface area (Å²) in [6, 6.07) is -0.348. The Morgan fingerprint density at radius 1 is 1.24 bits per heavy atom. The van der Waals surface area contributed by atoms with Gasteiger partial charge in [-0.05, 0) is 40.5 Å². The van der Waals surface area contributed by atoms with Gasteiger partial charge in [-0.3, -0.25) is 14.5 Å². The van der Waals surface area contributed by atoms with E-state index in [4.69, 9.17) is 5.11 Å². The summed E-state index contributed by atoms with van der Waals surface area (Å²) in [4.78, 5) is 24.8. The van der Waals surface area contributed by atoms with Gasteiger partial charge in [0.25, 0.3) is 0 Å². The molecule has 0 bridgehead atoms. The maximum Gasteiger partial charge on any atom is 0.325 e. The minimum atomic E-state index is -1.01. The van der Waals surface area contributed by atoms with Gasteiger partial charge in [0.15, 0.2) is 0 Å². The van der Waals surface area contributed by atoms with Crippen LogP contribution in [0.2, 0.25) is 0 Å². The van der Waals surface area contributed by atoms with Crippen molar-refractivity contribution in [2.75, 3.05) is 0 Å². The highest BCUT2D eigenvalue weighted by molar-refractivity contribution is 5.86. The Morgan fingerprint density at radius 3 is 2.12 bits per heavy atom. The number of likely N-dealkylation sites (tertiary alicyclic amines) is 1. The number of carbonyl (C=O) groups is 2. The Morgan fingerprint density at radius 2 is 1.71 bits per heavy atom. The quantitative estimate of drug-likeness (QED) is 0.766. The number of aliphatic carboxylic acids is 1. The van der Waals surface area contributed by atoms with Crippen LogP contribution in [0.4, 0.5) is 0 Å². The topological polar surface area (TPSA) is 69.6 Å². The van der Waals surface area contributed by atoms with E-state index < -0.39 is 12.0 Å². The van der Waals surface area contributed by atoms with Crippen LogP contribution in [-0.4, -0.2) is 46.1 Å². The number of nitrogens with one attached hydrogen (secondary N) is 1. The summed E-state index contributed by atoms with van der Waals surface area (Å²) < 4.78 is 0. The van der Waals surface area contributed by atoms with E-state index >= 15 is 0 Å². The molecule has 0 saturated carbocycles. The lowest BCUT2D eigenvalue weighted by Crippen LogP contribution is -2.52. The molecular formula is C12H22N2O3. The average Bonchev–Trinajstić information content (AvgIpc) is 2.57. The fourth-order valence-corrected chi connectivity index (χ4v) is 2.51. The molecule has 17 heavy (non-hydrogen) atoms. The van der Waals surface area contributed by atoms with Gasteiger partial charge in [0.05, 0.1) is 6.04 Å². The average molecular weight is 242 g/mol. The van der Waals surface area contributed by atoms with Crippen LogP contribution in [0.5, 0.6) is 0 Å². The van der Waals surface area contributed by atoms with Crippen LogP contribution in [-0.2, 0) is 9.59 Å². The Hall–Kier alpha value is -1.10. The maximum atomic E-state index is 11.9. The number of amides is 1. The van der Waals surface area contributed by atoms with E-state index in [0.717, 1.165) is 12.8 Å². The molecule has 5 nitrogen and oxygen atoms in total. The SMILES string of the molecule is CC1CCC(C)N1C(C)C(=O)N[C@H](C)C(=O)O. The minimum absolute atomic E-state index is 0.208. The minimum Gasteiger partial charge on any atom is -0.480 e. The van der Waals surface area contributed by atoms with Gasteiger partial charge in [-0.25, -0.2) is 0 Å². The number of carboxylic acid groups (broad SMARTS) is 1. The van der Waals surface area contributed by atoms with E-state index in [1.165, 1.54) is 6.92 Å². The first-order chi connectivity index (χ1) is 7.84. The van der Waals surface area contributed by atoms with Gasteiger partial charge in [0, 0.05) is 12.1 Å². The maximum absolute atomic E-state index is 11.9. The summed E-state index contributed by atoms with van der Waals surface area (Å²) in [7, 11) is 0. The summed E-state index contributed by atoms with van der Waals surface area (Å²) >= 11 is 0. The number of rotatable bonds is 4. The third-order valence-electron chi connectivity index (χ3n) is 3.58. The predicted octanol–water partition coefficient (Wildman–Crippen LogP) is 0.837. The van der Waals surface area contributed by atoms with Crippen LogP contribution in [0.15, 0.2) is 0 Å². The molecule has 0 aromatic rings. The third-order valence-corrected chi connectivity index (χ3v) is 3.58. The Labute approximate surface area is 102 Å². The molecular weight excluding hydrogens is 220 g/mol. The zero-order valence-corrected chi connectivity index (χ0v) is 10.9. The number of hydrogen-bond acceptors (Lipinski definition) is 3. The molecule has 4 atom stereocenters. The van der Waals surface area contributed by atoms with Crippen LogP contribution in [0.25, 0.3) is 0 Å². The molecule has 0 spiro atoms. The molecule has 0 radical (unpaired) electrons. The number of hydrogen-bond donors (Lipinski definition) is 2. The van der Waals surface area contributed by atoms with Gasteiger partial charge in [0.2, 0.25) is 5.91 Å². The lowest BCUT2D eigenvalue weighted by molar-refractivity contribution is -0.142. The largest absolute Gasteiger partial charge is 0.480 e. The molecule has 1 heterocycles.